The summed E-state index contributed by atoms with van der Waals surface area (Å²) in [4.78, 5) is 15.9. The zero-order valence-electron chi connectivity index (χ0n) is 17.7. The first-order valence-corrected chi connectivity index (χ1v) is 11.7. The molecule has 2 heterocycles. The highest BCUT2D eigenvalue weighted by atomic mass is 35.5. The molecule has 2 N–H and O–H groups in total. The topological polar surface area (TPSA) is 75.6 Å². The first-order valence-electron chi connectivity index (χ1n) is 10.4. The van der Waals surface area contributed by atoms with Gasteiger partial charge in [-0.15, -0.1) is 10.2 Å². The number of halogens is 1. The molecular weight excluding hydrogens is 454 g/mol. The summed E-state index contributed by atoms with van der Waals surface area (Å²) in [5.41, 5.74) is 4.69. The molecule has 164 valence electrons. The molecule has 0 bridgehead atoms. The van der Waals surface area contributed by atoms with Crippen molar-refractivity contribution in [3.63, 3.8) is 0 Å². The molecule has 5 rings (SSSR count). The smallest absolute Gasteiger partial charge is 0.234 e. The van der Waals surface area contributed by atoms with Crippen molar-refractivity contribution in [2.75, 3.05) is 11.1 Å². The van der Waals surface area contributed by atoms with Crippen molar-refractivity contribution in [2.24, 2.45) is 0 Å². The van der Waals surface area contributed by atoms with Gasteiger partial charge < -0.3 is 10.3 Å². The second-order valence-electron chi connectivity index (χ2n) is 7.57. The lowest BCUT2D eigenvalue weighted by molar-refractivity contribution is -0.113. The highest BCUT2D eigenvalue weighted by Gasteiger charge is 2.19. The summed E-state index contributed by atoms with van der Waals surface area (Å²) in [5, 5.41) is 14.2. The Kier molecular flexibility index (Phi) is 5.90. The molecule has 0 radical (unpaired) electrons. The Balaban J connectivity index is 1.47. The lowest BCUT2D eigenvalue weighted by Gasteiger charge is -2.10. The molecule has 3 aromatic carbocycles. The standard InChI is InChI=1S/C25H20ClN5OS/c1-16-5-4-6-18(13-16)28-23(32)15-33-25-30-29-24(31(25)19-11-9-17(26)10-12-19)21-14-27-22-8-3-2-7-20(21)22/h2-14,27H,15H2,1H3,(H,28,32). The molecule has 8 heteroatoms. The van der Waals surface area contributed by atoms with E-state index in [4.69, 9.17) is 11.6 Å². The van der Waals surface area contributed by atoms with Crippen molar-refractivity contribution in [3.05, 3.63) is 89.6 Å². The number of amides is 1. The number of fused-ring (bicyclic) bond motifs is 1. The Morgan fingerprint density at radius 1 is 1.06 bits per heavy atom. The summed E-state index contributed by atoms with van der Waals surface area (Å²) in [7, 11) is 0. The molecule has 33 heavy (non-hydrogen) atoms. The van der Waals surface area contributed by atoms with Crippen LogP contribution < -0.4 is 5.32 Å². The predicted molar refractivity (Wildman–Crippen MR) is 134 cm³/mol. The number of carbonyl (C=O) groups excluding carboxylic acids is 1. The maximum Gasteiger partial charge on any atom is 0.234 e. The first kappa shape index (κ1) is 21.3. The van der Waals surface area contributed by atoms with Gasteiger partial charge in [0.25, 0.3) is 0 Å². The van der Waals surface area contributed by atoms with E-state index in [1.54, 1.807) is 0 Å². The van der Waals surface area contributed by atoms with Crippen LogP contribution in [0.4, 0.5) is 5.69 Å². The van der Waals surface area contributed by atoms with Crippen molar-refractivity contribution >= 4 is 45.9 Å². The lowest BCUT2D eigenvalue weighted by Crippen LogP contribution is -2.14. The number of carbonyl (C=O) groups is 1. The zero-order valence-corrected chi connectivity index (χ0v) is 19.3. The number of thioether (sulfide) groups is 1. The first-order chi connectivity index (χ1) is 16.1. The molecular formula is C25H20ClN5OS. The largest absolute Gasteiger partial charge is 0.360 e. The van der Waals surface area contributed by atoms with Crippen molar-refractivity contribution in [1.29, 1.82) is 0 Å². The van der Waals surface area contributed by atoms with Gasteiger partial charge in [-0.2, -0.15) is 0 Å². The van der Waals surface area contributed by atoms with Crippen LogP contribution >= 0.6 is 23.4 Å². The second kappa shape index (κ2) is 9.13. The minimum Gasteiger partial charge on any atom is -0.360 e. The van der Waals surface area contributed by atoms with E-state index < -0.39 is 0 Å². The van der Waals surface area contributed by atoms with Crippen LogP contribution in [-0.4, -0.2) is 31.4 Å². The van der Waals surface area contributed by atoms with E-state index in [9.17, 15) is 4.79 Å². The maximum absolute atomic E-state index is 12.6. The van der Waals surface area contributed by atoms with Gasteiger partial charge in [0.1, 0.15) is 0 Å². The van der Waals surface area contributed by atoms with Crippen LogP contribution in [-0.2, 0) is 4.79 Å². The molecule has 0 saturated carbocycles. The van der Waals surface area contributed by atoms with Crippen LogP contribution in [0.2, 0.25) is 5.02 Å². The summed E-state index contributed by atoms with van der Waals surface area (Å²) in [5.74, 6) is 0.786. The Bertz CT molecular complexity index is 1440. The number of nitrogens with one attached hydrogen (secondary N) is 2. The molecule has 0 saturated heterocycles. The number of rotatable bonds is 6. The third kappa shape index (κ3) is 4.51. The minimum atomic E-state index is -0.107. The SMILES string of the molecule is Cc1cccc(NC(=O)CSc2nnc(-c3c[nH]c4ccccc34)n2-c2ccc(Cl)cc2)c1. The number of hydrogen-bond donors (Lipinski definition) is 2. The summed E-state index contributed by atoms with van der Waals surface area (Å²) < 4.78 is 1.95. The summed E-state index contributed by atoms with van der Waals surface area (Å²) >= 11 is 7.45. The lowest BCUT2D eigenvalue weighted by atomic mass is 10.1. The van der Waals surface area contributed by atoms with Gasteiger partial charge in [0, 0.05) is 39.1 Å². The van der Waals surface area contributed by atoms with Crippen LogP contribution in [0.15, 0.2) is 84.1 Å². The van der Waals surface area contributed by atoms with E-state index in [0.29, 0.717) is 16.0 Å². The van der Waals surface area contributed by atoms with Crippen LogP contribution in [0.25, 0.3) is 28.0 Å². The number of anilines is 1. The van der Waals surface area contributed by atoms with Crippen LogP contribution in [0.1, 0.15) is 5.56 Å². The van der Waals surface area contributed by atoms with Gasteiger partial charge in [-0.1, -0.05) is 53.7 Å². The zero-order chi connectivity index (χ0) is 22.8. The van der Waals surface area contributed by atoms with E-state index in [1.165, 1.54) is 11.8 Å². The van der Waals surface area contributed by atoms with Gasteiger partial charge in [0.15, 0.2) is 11.0 Å². The van der Waals surface area contributed by atoms with Gasteiger partial charge in [-0.3, -0.25) is 9.36 Å². The van der Waals surface area contributed by atoms with Crippen molar-refractivity contribution in [3.8, 4) is 17.1 Å². The van der Waals surface area contributed by atoms with Gasteiger partial charge in [-0.05, 0) is 55.0 Å². The molecule has 0 fully saturated rings. The van der Waals surface area contributed by atoms with Crippen LogP contribution in [0.3, 0.4) is 0 Å². The molecule has 5 aromatic rings. The summed E-state index contributed by atoms with van der Waals surface area (Å²) in [6, 6.07) is 23.3. The number of hydrogen-bond acceptors (Lipinski definition) is 4. The molecule has 2 aromatic heterocycles. The highest BCUT2D eigenvalue weighted by molar-refractivity contribution is 7.99. The third-order valence-electron chi connectivity index (χ3n) is 5.18. The molecule has 1 amide bonds. The molecule has 6 nitrogen and oxygen atoms in total. The highest BCUT2D eigenvalue weighted by Crippen LogP contribution is 2.32. The van der Waals surface area contributed by atoms with E-state index >= 15 is 0 Å². The number of para-hydroxylation sites is 1. The van der Waals surface area contributed by atoms with Gasteiger partial charge >= 0.3 is 0 Å². The summed E-state index contributed by atoms with van der Waals surface area (Å²) in [6.07, 6.45) is 1.93. The van der Waals surface area contributed by atoms with E-state index in [0.717, 1.165) is 33.4 Å². The number of aryl methyl sites for hydroxylation is 1. The number of H-pyrrole nitrogens is 1. The third-order valence-corrected chi connectivity index (χ3v) is 6.36. The van der Waals surface area contributed by atoms with Gasteiger partial charge in [-0.25, -0.2) is 0 Å². The Morgan fingerprint density at radius 2 is 1.88 bits per heavy atom. The Morgan fingerprint density at radius 3 is 2.70 bits per heavy atom. The van der Waals surface area contributed by atoms with Crippen molar-refractivity contribution in [1.82, 2.24) is 19.7 Å². The predicted octanol–water partition coefficient (Wildman–Crippen LogP) is 6.11. The number of nitrogens with zero attached hydrogens (tertiary/aromatic N) is 3. The van der Waals surface area contributed by atoms with Crippen molar-refractivity contribution in [2.45, 2.75) is 12.1 Å². The molecule has 0 aliphatic carbocycles. The Hall–Kier alpha value is -3.55. The number of aromatic nitrogens is 4. The Labute approximate surface area is 200 Å². The maximum atomic E-state index is 12.6. The number of benzene rings is 3. The molecule has 0 aliphatic heterocycles. The van der Waals surface area contributed by atoms with E-state index in [2.05, 4.69) is 20.5 Å². The quantitative estimate of drug-likeness (QED) is 0.292. The second-order valence-corrected chi connectivity index (χ2v) is 8.95. The average molecular weight is 474 g/mol. The molecule has 0 unspecified atom stereocenters. The number of aromatic amines is 1. The van der Waals surface area contributed by atoms with Crippen molar-refractivity contribution < 1.29 is 4.79 Å². The summed E-state index contributed by atoms with van der Waals surface area (Å²) in [6.45, 7) is 1.99. The van der Waals surface area contributed by atoms with Crippen LogP contribution in [0.5, 0.6) is 0 Å². The van der Waals surface area contributed by atoms with Gasteiger partial charge in [0.2, 0.25) is 5.91 Å². The minimum absolute atomic E-state index is 0.107. The normalized spacial score (nSPS) is 11.1. The average Bonchev–Trinajstić information content (AvgIpc) is 3.42. The fraction of sp³-hybridized carbons (Fsp3) is 0.0800. The monoisotopic (exact) mass is 473 g/mol. The molecule has 0 atom stereocenters. The van der Waals surface area contributed by atoms with E-state index in [1.807, 2.05) is 90.5 Å². The fourth-order valence-electron chi connectivity index (χ4n) is 3.67. The molecule has 0 spiro atoms. The van der Waals surface area contributed by atoms with E-state index in [-0.39, 0.29) is 11.7 Å². The van der Waals surface area contributed by atoms with Crippen LogP contribution in [0, 0.1) is 6.92 Å². The van der Waals surface area contributed by atoms with Gasteiger partial charge in [0.05, 0.1) is 5.75 Å². The molecule has 0 aliphatic rings. The fourth-order valence-corrected chi connectivity index (χ4v) is 4.55.